The van der Waals surface area contributed by atoms with E-state index in [4.69, 9.17) is 4.74 Å². The molecule has 0 aliphatic heterocycles. The van der Waals surface area contributed by atoms with Crippen molar-refractivity contribution in [2.24, 2.45) is 0 Å². The van der Waals surface area contributed by atoms with Crippen molar-refractivity contribution < 1.29 is 14.2 Å². The summed E-state index contributed by atoms with van der Waals surface area (Å²) in [6.45, 7) is 1.57. The Labute approximate surface area is 104 Å². The van der Waals surface area contributed by atoms with Crippen LogP contribution in [-0.2, 0) is 5.60 Å². The van der Waals surface area contributed by atoms with Gasteiger partial charge in [0, 0.05) is 11.8 Å². The van der Waals surface area contributed by atoms with Crippen molar-refractivity contribution in [3.05, 3.63) is 53.9 Å². The molecule has 0 spiro atoms. The van der Waals surface area contributed by atoms with Gasteiger partial charge in [0.1, 0.15) is 17.2 Å². The van der Waals surface area contributed by atoms with Gasteiger partial charge in [-0.25, -0.2) is 4.39 Å². The summed E-state index contributed by atoms with van der Waals surface area (Å²) in [4.78, 5) is 7.87. The highest BCUT2D eigenvalue weighted by atomic mass is 19.1. The lowest BCUT2D eigenvalue weighted by Gasteiger charge is -2.23. The lowest BCUT2D eigenvalue weighted by Crippen LogP contribution is -2.24. The Kier molecular flexibility index (Phi) is 3.25. The smallest absolute Gasteiger partial charge is 0.141 e. The van der Waals surface area contributed by atoms with Crippen LogP contribution in [0.4, 0.5) is 4.39 Å². The van der Waals surface area contributed by atoms with Crippen LogP contribution in [0.3, 0.4) is 0 Å². The average molecular weight is 248 g/mol. The number of rotatable bonds is 3. The third-order valence-electron chi connectivity index (χ3n) is 2.74. The van der Waals surface area contributed by atoms with Crippen molar-refractivity contribution >= 4 is 0 Å². The van der Waals surface area contributed by atoms with Crippen LogP contribution in [-0.4, -0.2) is 22.2 Å². The van der Waals surface area contributed by atoms with E-state index in [0.29, 0.717) is 17.0 Å². The second-order valence-corrected chi connectivity index (χ2v) is 4.05. The van der Waals surface area contributed by atoms with Gasteiger partial charge in [0.25, 0.3) is 0 Å². The molecular formula is C13H13FN2O2. The normalized spacial score (nSPS) is 14.0. The zero-order valence-electron chi connectivity index (χ0n) is 10.1. The van der Waals surface area contributed by atoms with Gasteiger partial charge in [-0.2, -0.15) is 0 Å². The van der Waals surface area contributed by atoms with Gasteiger partial charge in [0.05, 0.1) is 25.2 Å². The molecule has 0 fully saturated rings. The lowest BCUT2D eigenvalue weighted by atomic mass is 9.93. The van der Waals surface area contributed by atoms with Crippen molar-refractivity contribution in [1.29, 1.82) is 0 Å². The fourth-order valence-corrected chi connectivity index (χ4v) is 1.61. The second-order valence-electron chi connectivity index (χ2n) is 4.05. The Morgan fingerprint density at radius 2 is 2.06 bits per heavy atom. The number of ether oxygens (including phenoxy) is 1. The fraction of sp³-hybridized carbons (Fsp3) is 0.231. The van der Waals surface area contributed by atoms with Gasteiger partial charge in [-0.15, -0.1) is 0 Å². The summed E-state index contributed by atoms with van der Waals surface area (Å²) in [5, 5.41) is 10.5. The van der Waals surface area contributed by atoms with E-state index in [9.17, 15) is 9.50 Å². The molecule has 0 radical (unpaired) electrons. The van der Waals surface area contributed by atoms with Crippen LogP contribution >= 0.6 is 0 Å². The quantitative estimate of drug-likeness (QED) is 0.901. The van der Waals surface area contributed by atoms with Crippen LogP contribution in [0, 0.1) is 5.82 Å². The molecular weight excluding hydrogens is 235 g/mol. The molecule has 5 heteroatoms. The largest absolute Gasteiger partial charge is 0.495 e. The molecule has 2 aromatic rings. The average Bonchev–Trinajstić information content (AvgIpc) is 2.39. The van der Waals surface area contributed by atoms with Gasteiger partial charge in [-0.3, -0.25) is 9.97 Å². The summed E-state index contributed by atoms with van der Waals surface area (Å²) in [7, 11) is 1.52. The van der Waals surface area contributed by atoms with Crippen LogP contribution < -0.4 is 4.74 Å². The van der Waals surface area contributed by atoms with Gasteiger partial charge in [0.15, 0.2) is 0 Å². The molecule has 0 aliphatic rings. The molecule has 2 aromatic heterocycles. The molecule has 1 N–H and O–H groups in total. The molecule has 0 bridgehead atoms. The Bertz CT molecular complexity index is 541. The van der Waals surface area contributed by atoms with Gasteiger partial charge < -0.3 is 9.84 Å². The summed E-state index contributed by atoms with van der Waals surface area (Å²) in [6, 6.07) is 4.36. The predicted molar refractivity (Wildman–Crippen MR) is 63.7 cm³/mol. The molecule has 0 saturated heterocycles. The maximum absolute atomic E-state index is 12.8. The number of hydrogen-bond donors (Lipinski definition) is 1. The first-order chi connectivity index (χ1) is 8.54. The van der Waals surface area contributed by atoms with Crippen LogP contribution in [0.5, 0.6) is 5.75 Å². The molecule has 0 aliphatic carbocycles. The molecule has 4 nitrogen and oxygen atoms in total. The number of aromatic nitrogens is 2. The molecule has 0 saturated carbocycles. The number of halogens is 1. The van der Waals surface area contributed by atoms with Gasteiger partial charge >= 0.3 is 0 Å². The third-order valence-corrected chi connectivity index (χ3v) is 2.74. The molecule has 1 unspecified atom stereocenters. The SMILES string of the molecule is COc1cncc(C(C)(O)c2ccc(F)cn2)c1. The van der Waals surface area contributed by atoms with E-state index in [0.717, 1.165) is 6.20 Å². The first-order valence-corrected chi connectivity index (χ1v) is 5.38. The molecule has 94 valence electrons. The Hall–Kier alpha value is -2.01. The highest BCUT2D eigenvalue weighted by Crippen LogP contribution is 2.28. The second kappa shape index (κ2) is 4.70. The molecule has 2 heterocycles. The Morgan fingerprint density at radius 3 is 2.67 bits per heavy atom. The minimum atomic E-state index is -1.35. The summed E-state index contributed by atoms with van der Waals surface area (Å²) in [5.41, 5.74) is -0.477. The monoisotopic (exact) mass is 248 g/mol. The van der Waals surface area contributed by atoms with E-state index in [1.54, 1.807) is 13.0 Å². The Morgan fingerprint density at radius 1 is 1.28 bits per heavy atom. The predicted octanol–water partition coefficient (Wildman–Crippen LogP) is 1.88. The van der Waals surface area contributed by atoms with Crippen molar-refractivity contribution in [3.63, 3.8) is 0 Å². The number of nitrogens with zero attached hydrogens (tertiary/aromatic N) is 2. The number of aliphatic hydroxyl groups is 1. The minimum absolute atomic E-state index is 0.346. The number of hydrogen-bond acceptors (Lipinski definition) is 4. The first kappa shape index (κ1) is 12.4. The molecule has 0 aromatic carbocycles. The zero-order valence-corrected chi connectivity index (χ0v) is 10.1. The van der Waals surface area contributed by atoms with Crippen LogP contribution in [0.15, 0.2) is 36.8 Å². The summed E-state index contributed by atoms with van der Waals surface area (Å²) in [6.07, 6.45) is 4.13. The van der Waals surface area contributed by atoms with Crippen LogP contribution in [0.2, 0.25) is 0 Å². The zero-order chi connectivity index (χ0) is 13.2. The van der Waals surface area contributed by atoms with E-state index >= 15 is 0 Å². The summed E-state index contributed by atoms with van der Waals surface area (Å²) in [5.74, 6) is 0.0909. The fourth-order valence-electron chi connectivity index (χ4n) is 1.61. The van der Waals surface area contributed by atoms with Crippen molar-refractivity contribution in [2.45, 2.75) is 12.5 Å². The Balaban J connectivity index is 2.43. The van der Waals surface area contributed by atoms with E-state index < -0.39 is 11.4 Å². The van der Waals surface area contributed by atoms with E-state index in [2.05, 4.69) is 9.97 Å². The van der Waals surface area contributed by atoms with E-state index in [1.807, 2.05) is 0 Å². The molecule has 2 rings (SSSR count). The highest BCUT2D eigenvalue weighted by molar-refractivity contribution is 5.33. The topological polar surface area (TPSA) is 55.2 Å². The van der Waals surface area contributed by atoms with Crippen LogP contribution in [0.25, 0.3) is 0 Å². The van der Waals surface area contributed by atoms with Crippen LogP contribution in [0.1, 0.15) is 18.2 Å². The highest BCUT2D eigenvalue weighted by Gasteiger charge is 2.28. The molecule has 18 heavy (non-hydrogen) atoms. The first-order valence-electron chi connectivity index (χ1n) is 5.38. The van der Waals surface area contributed by atoms with E-state index in [-0.39, 0.29) is 0 Å². The molecule has 1 atom stereocenters. The van der Waals surface area contributed by atoms with E-state index in [1.165, 1.54) is 31.6 Å². The summed E-state index contributed by atoms with van der Waals surface area (Å²) < 4.78 is 17.9. The van der Waals surface area contributed by atoms with Gasteiger partial charge in [-0.1, -0.05) is 0 Å². The van der Waals surface area contributed by atoms with Gasteiger partial charge in [-0.05, 0) is 25.1 Å². The number of pyridine rings is 2. The standard InChI is InChI=1S/C13H13FN2O2/c1-13(17,12-4-3-10(14)7-16-12)9-5-11(18-2)8-15-6-9/h3-8,17H,1-2H3. The van der Waals surface area contributed by atoms with Gasteiger partial charge in [0.2, 0.25) is 0 Å². The lowest BCUT2D eigenvalue weighted by molar-refractivity contribution is 0.0965. The molecule has 0 amide bonds. The van der Waals surface area contributed by atoms with Crippen molar-refractivity contribution in [2.75, 3.05) is 7.11 Å². The maximum Gasteiger partial charge on any atom is 0.141 e. The van der Waals surface area contributed by atoms with Crippen molar-refractivity contribution in [3.8, 4) is 5.75 Å². The summed E-state index contributed by atoms with van der Waals surface area (Å²) >= 11 is 0. The third kappa shape index (κ3) is 2.31. The number of methoxy groups -OCH3 is 1. The maximum atomic E-state index is 12.8. The van der Waals surface area contributed by atoms with Crippen molar-refractivity contribution in [1.82, 2.24) is 9.97 Å². The minimum Gasteiger partial charge on any atom is -0.495 e.